The molecule has 1 rings (SSSR count). The van der Waals surface area contributed by atoms with Crippen LogP contribution in [0.3, 0.4) is 0 Å². The van der Waals surface area contributed by atoms with Crippen LogP contribution in [0.2, 0.25) is 0 Å². The van der Waals surface area contributed by atoms with Crippen LogP contribution < -0.4 is 5.32 Å². The van der Waals surface area contributed by atoms with Crippen molar-refractivity contribution in [3.8, 4) is 0 Å². The second-order valence-electron chi connectivity index (χ2n) is 4.82. The lowest BCUT2D eigenvalue weighted by Crippen LogP contribution is -2.35. The number of nitrogens with one attached hydrogen (secondary N) is 1. The van der Waals surface area contributed by atoms with Crippen LogP contribution in [0.4, 0.5) is 10.1 Å². The molecular weight excluding hydrogens is 283 g/mol. The number of aliphatic carboxylic acids is 1. The molecule has 114 valence electrons. The predicted octanol–water partition coefficient (Wildman–Crippen LogP) is 1.82. The van der Waals surface area contributed by atoms with Crippen LogP contribution in [-0.4, -0.2) is 28.5 Å². The van der Waals surface area contributed by atoms with E-state index in [-0.39, 0.29) is 18.0 Å². The van der Waals surface area contributed by atoms with E-state index in [1.165, 1.54) is 0 Å². The zero-order valence-electron chi connectivity index (χ0n) is 11.5. The van der Waals surface area contributed by atoms with Crippen LogP contribution >= 0.6 is 0 Å². The summed E-state index contributed by atoms with van der Waals surface area (Å²) in [7, 11) is 0. The first-order valence-corrected chi connectivity index (χ1v) is 6.19. The van der Waals surface area contributed by atoms with Crippen molar-refractivity contribution in [1.82, 2.24) is 5.32 Å². The minimum absolute atomic E-state index is 0.101. The number of nitro benzene ring substituents is 1. The van der Waals surface area contributed by atoms with Crippen LogP contribution in [-0.2, 0) is 4.79 Å². The lowest BCUT2D eigenvalue weighted by molar-refractivity contribution is -0.387. The quantitative estimate of drug-likeness (QED) is 0.615. The molecule has 21 heavy (non-hydrogen) atoms. The highest BCUT2D eigenvalue weighted by Gasteiger charge is 2.23. The maximum absolute atomic E-state index is 13.2. The molecular formula is C13H15FN2O5. The van der Waals surface area contributed by atoms with Gasteiger partial charge in [0.25, 0.3) is 5.91 Å². The number of hydrogen-bond donors (Lipinski definition) is 2. The highest BCUT2D eigenvalue weighted by atomic mass is 19.1. The molecule has 0 spiro atoms. The Bertz CT molecular complexity index is 574. The molecule has 1 unspecified atom stereocenters. The molecule has 2 N–H and O–H groups in total. The van der Waals surface area contributed by atoms with E-state index in [4.69, 9.17) is 5.11 Å². The Morgan fingerprint density at radius 1 is 1.43 bits per heavy atom. The first-order chi connectivity index (χ1) is 9.73. The highest BCUT2D eigenvalue weighted by Crippen LogP contribution is 2.18. The molecule has 0 saturated carbocycles. The van der Waals surface area contributed by atoms with Gasteiger partial charge in [0.05, 0.1) is 10.8 Å². The van der Waals surface area contributed by atoms with Crippen molar-refractivity contribution >= 4 is 17.6 Å². The first kappa shape index (κ1) is 16.5. The molecule has 0 radical (unpaired) electrons. The Balaban J connectivity index is 2.83. The number of amides is 1. The topological polar surface area (TPSA) is 110 Å². The van der Waals surface area contributed by atoms with E-state index in [1.54, 1.807) is 13.8 Å². The van der Waals surface area contributed by atoms with Crippen molar-refractivity contribution in [1.29, 1.82) is 0 Å². The van der Waals surface area contributed by atoms with E-state index >= 15 is 0 Å². The van der Waals surface area contributed by atoms with E-state index in [2.05, 4.69) is 5.32 Å². The Labute approximate surface area is 119 Å². The van der Waals surface area contributed by atoms with Gasteiger partial charge in [-0.15, -0.1) is 0 Å². The minimum Gasteiger partial charge on any atom is -0.481 e. The van der Waals surface area contributed by atoms with Crippen LogP contribution in [0, 0.1) is 27.8 Å². The predicted molar refractivity (Wildman–Crippen MR) is 71.4 cm³/mol. The maximum Gasteiger partial charge on any atom is 0.308 e. The normalized spacial score (nSPS) is 12.0. The number of carbonyl (C=O) groups excluding carboxylic acids is 1. The van der Waals surface area contributed by atoms with Crippen molar-refractivity contribution in [3.63, 3.8) is 0 Å². The smallest absolute Gasteiger partial charge is 0.308 e. The molecule has 0 fully saturated rings. The minimum atomic E-state index is -1.05. The van der Waals surface area contributed by atoms with Crippen molar-refractivity contribution in [2.24, 2.45) is 11.8 Å². The molecule has 0 saturated heterocycles. The van der Waals surface area contributed by atoms with Gasteiger partial charge in [0.15, 0.2) is 0 Å². The van der Waals surface area contributed by atoms with E-state index in [9.17, 15) is 24.1 Å². The van der Waals surface area contributed by atoms with Gasteiger partial charge < -0.3 is 10.4 Å². The summed E-state index contributed by atoms with van der Waals surface area (Å²) in [6, 6.07) is 2.74. The third kappa shape index (κ3) is 4.23. The molecule has 8 heteroatoms. The molecule has 1 aromatic carbocycles. The van der Waals surface area contributed by atoms with Crippen LogP contribution in [0.1, 0.15) is 24.2 Å². The third-order valence-electron chi connectivity index (χ3n) is 3.01. The number of carboxylic acids is 1. The fourth-order valence-corrected chi connectivity index (χ4v) is 1.71. The van der Waals surface area contributed by atoms with E-state index in [0.29, 0.717) is 0 Å². The number of hydrogen-bond acceptors (Lipinski definition) is 4. The number of carboxylic acid groups (broad SMARTS) is 1. The average Bonchev–Trinajstić information content (AvgIpc) is 2.37. The van der Waals surface area contributed by atoms with Crippen molar-refractivity contribution in [2.75, 3.05) is 6.54 Å². The van der Waals surface area contributed by atoms with Gasteiger partial charge in [-0.05, 0) is 18.1 Å². The monoisotopic (exact) mass is 298 g/mol. The SMILES string of the molecule is CC(C)C(CNC(=O)c1ccc(F)c([N+](=O)[O-])c1)C(=O)O. The first-order valence-electron chi connectivity index (χ1n) is 6.19. The van der Waals surface area contributed by atoms with Crippen molar-refractivity contribution < 1.29 is 24.0 Å². The summed E-state index contributed by atoms with van der Waals surface area (Å²) >= 11 is 0. The summed E-state index contributed by atoms with van der Waals surface area (Å²) in [5.41, 5.74) is -0.905. The van der Waals surface area contributed by atoms with E-state index in [0.717, 1.165) is 18.2 Å². The Kier molecular flexibility index (Phi) is 5.34. The molecule has 0 aromatic heterocycles. The van der Waals surface area contributed by atoms with Gasteiger partial charge in [0.2, 0.25) is 5.82 Å². The summed E-state index contributed by atoms with van der Waals surface area (Å²) in [5, 5.41) is 22.0. The van der Waals surface area contributed by atoms with Gasteiger partial charge >= 0.3 is 11.7 Å². The maximum atomic E-state index is 13.2. The number of nitro groups is 1. The Morgan fingerprint density at radius 2 is 2.05 bits per heavy atom. The van der Waals surface area contributed by atoms with Crippen molar-refractivity contribution in [3.05, 3.63) is 39.7 Å². The largest absolute Gasteiger partial charge is 0.481 e. The lowest BCUT2D eigenvalue weighted by atomic mass is 9.96. The molecule has 1 aromatic rings. The summed E-state index contributed by atoms with van der Waals surface area (Å²) in [4.78, 5) is 32.5. The molecule has 0 heterocycles. The van der Waals surface area contributed by atoms with Gasteiger partial charge in [-0.25, -0.2) is 0 Å². The fraction of sp³-hybridized carbons (Fsp3) is 0.385. The number of benzene rings is 1. The second-order valence-corrected chi connectivity index (χ2v) is 4.82. The van der Waals surface area contributed by atoms with E-state index < -0.39 is 34.2 Å². The molecule has 1 amide bonds. The Hall–Kier alpha value is -2.51. The molecule has 0 bridgehead atoms. The summed E-state index contributed by atoms with van der Waals surface area (Å²) in [6.45, 7) is 3.29. The van der Waals surface area contributed by atoms with Gasteiger partial charge in [0, 0.05) is 18.2 Å². The van der Waals surface area contributed by atoms with Crippen LogP contribution in [0.15, 0.2) is 18.2 Å². The number of nitrogens with zero attached hydrogens (tertiary/aromatic N) is 1. The standard InChI is InChI=1S/C13H15FN2O5/c1-7(2)9(13(18)19)6-15-12(17)8-3-4-10(14)11(5-8)16(20)21/h3-5,7,9H,6H2,1-2H3,(H,15,17)(H,18,19). The van der Waals surface area contributed by atoms with Crippen LogP contribution in [0.5, 0.6) is 0 Å². The van der Waals surface area contributed by atoms with Gasteiger partial charge in [0.1, 0.15) is 0 Å². The summed E-state index contributed by atoms with van der Waals surface area (Å²) < 4.78 is 13.2. The number of carbonyl (C=O) groups is 2. The summed E-state index contributed by atoms with van der Waals surface area (Å²) in [5.74, 6) is -3.74. The molecule has 1 atom stereocenters. The average molecular weight is 298 g/mol. The number of halogens is 1. The molecule has 0 aliphatic carbocycles. The Morgan fingerprint density at radius 3 is 2.52 bits per heavy atom. The third-order valence-corrected chi connectivity index (χ3v) is 3.01. The van der Waals surface area contributed by atoms with Gasteiger partial charge in [-0.1, -0.05) is 13.8 Å². The summed E-state index contributed by atoms with van der Waals surface area (Å²) in [6.07, 6.45) is 0. The molecule has 0 aliphatic heterocycles. The van der Waals surface area contributed by atoms with E-state index in [1.807, 2.05) is 0 Å². The van der Waals surface area contributed by atoms with Crippen molar-refractivity contribution in [2.45, 2.75) is 13.8 Å². The number of rotatable bonds is 6. The zero-order chi connectivity index (χ0) is 16.2. The highest BCUT2D eigenvalue weighted by molar-refractivity contribution is 5.95. The van der Waals surface area contributed by atoms with Gasteiger partial charge in [-0.2, -0.15) is 4.39 Å². The fourth-order valence-electron chi connectivity index (χ4n) is 1.71. The zero-order valence-corrected chi connectivity index (χ0v) is 11.5. The molecule has 0 aliphatic rings. The van der Waals surface area contributed by atoms with Gasteiger partial charge in [-0.3, -0.25) is 19.7 Å². The lowest BCUT2D eigenvalue weighted by Gasteiger charge is -2.16. The van der Waals surface area contributed by atoms with Crippen LogP contribution in [0.25, 0.3) is 0 Å². The molecule has 7 nitrogen and oxygen atoms in total. The second kappa shape index (κ2) is 6.78.